The lowest BCUT2D eigenvalue weighted by atomic mass is 10.1. The maximum atomic E-state index is 12.4. The molecule has 25 heavy (non-hydrogen) atoms. The van der Waals surface area contributed by atoms with Gasteiger partial charge in [-0.25, -0.2) is 0 Å². The third-order valence-electron chi connectivity index (χ3n) is 3.83. The van der Waals surface area contributed by atoms with E-state index in [1.165, 1.54) is 0 Å². The van der Waals surface area contributed by atoms with Crippen molar-refractivity contribution in [2.24, 2.45) is 0 Å². The zero-order valence-corrected chi connectivity index (χ0v) is 15.1. The predicted molar refractivity (Wildman–Crippen MR) is 95.0 cm³/mol. The molecule has 0 atom stereocenters. The minimum atomic E-state index is -0.167. The van der Waals surface area contributed by atoms with Crippen LogP contribution < -0.4 is 24.3 Å². The van der Waals surface area contributed by atoms with Gasteiger partial charge in [0, 0.05) is 12.1 Å². The van der Waals surface area contributed by atoms with Crippen LogP contribution in [-0.2, 0) is 6.54 Å². The Hall–Kier alpha value is -2.89. The zero-order valence-electron chi connectivity index (χ0n) is 15.1. The van der Waals surface area contributed by atoms with E-state index in [1.54, 1.807) is 58.8 Å². The van der Waals surface area contributed by atoms with Gasteiger partial charge in [0.15, 0.2) is 11.5 Å². The van der Waals surface area contributed by atoms with Crippen LogP contribution in [0.2, 0.25) is 0 Å². The second-order valence-corrected chi connectivity index (χ2v) is 5.40. The summed E-state index contributed by atoms with van der Waals surface area (Å²) < 4.78 is 21.1. The number of ether oxygens (including phenoxy) is 4. The molecule has 0 saturated carbocycles. The lowest BCUT2D eigenvalue weighted by molar-refractivity contribution is 0.0950. The van der Waals surface area contributed by atoms with Crippen molar-refractivity contribution in [3.63, 3.8) is 0 Å². The van der Waals surface area contributed by atoms with Crippen molar-refractivity contribution >= 4 is 5.91 Å². The highest BCUT2D eigenvalue weighted by Gasteiger charge is 2.14. The van der Waals surface area contributed by atoms with Crippen LogP contribution in [0.1, 0.15) is 21.5 Å². The summed E-state index contributed by atoms with van der Waals surface area (Å²) in [7, 11) is 6.26. The molecule has 0 aliphatic rings. The summed E-state index contributed by atoms with van der Waals surface area (Å²) in [6.45, 7) is 2.23. The maximum absolute atomic E-state index is 12.4. The molecular formula is C19H23NO5. The van der Waals surface area contributed by atoms with Crippen LogP contribution in [0.3, 0.4) is 0 Å². The van der Waals surface area contributed by atoms with E-state index in [1.807, 2.05) is 6.92 Å². The molecule has 0 bridgehead atoms. The Balaban J connectivity index is 2.15. The number of rotatable bonds is 7. The fourth-order valence-electron chi connectivity index (χ4n) is 2.54. The fraction of sp³-hybridized carbons (Fsp3) is 0.316. The molecule has 0 heterocycles. The highest BCUT2D eigenvalue weighted by molar-refractivity contribution is 5.94. The van der Waals surface area contributed by atoms with Gasteiger partial charge in [0.25, 0.3) is 5.91 Å². The van der Waals surface area contributed by atoms with Crippen molar-refractivity contribution in [1.82, 2.24) is 5.32 Å². The number of carbonyl (C=O) groups is 1. The van der Waals surface area contributed by atoms with Gasteiger partial charge in [-0.2, -0.15) is 0 Å². The second-order valence-electron chi connectivity index (χ2n) is 5.40. The Bertz CT molecular complexity index is 732. The van der Waals surface area contributed by atoms with Gasteiger partial charge in [-0.05, 0) is 48.4 Å². The predicted octanol–water partition coefficient (Wildman–Crippen LogP) is 2.96. The van der Waals surface area contributed by atoms with Crippen LogP contribution in [0.4, 0.5) is 0 Å². The minimum Gasteiger partial charge on any atom is -0.496 e. The number of carbonyl (C=O) groups excluding carboxylic acids is 1. The lowest BCUT2D eigenvalue weighted by Crippen LogP contribution is -2.23. The van der Waals surface area contributed by atoms with Gasteiger partial charge in [0.1, 0.15) is 5.75 Å². The normalized spacial score (nSPS) is 10.1. The largest absolute Gasteiger partial charge is 0.496 e. The summed E-state index contributed by atoms with van der Waals surface area (Å²) >= 11 is 0. The first kappa shape index (κ1) is 18.4. The van der Waals surface area contributed by atoms with Gasteiger partial charge in [0.05, 0.1) is 28.4 Å². The molecule has 1 N–H and O–H groups in total. The molecule has 2 aromatic rings. The fourth-order valence-corrected chi connectivity index (χ4v) is 2.54. The standard InChI is InChI=1S/C19H23NO5/c1-12-8-14(6-7-15(12)22-2)19(21)20-11-13-9-16(23-3)18(25-5)17(10-13)24-4/h6-10H,11H2,1-5H3,(H,20,21). The molecule has 0 spiro atoms. The van der Waals surface area contributed by atoms with Crippen molar-refractivity contribution in [2.45, 2.75) is 13.5 Å². The molecule has 0 radical (unpaired) electrons. The van der Waals surface area contributed by atoms with Gasteiger partial charge in [-0.3, -0.25) is 4.79 Å². The summed E-state index contributed by atoms with van der Waals surface area (Å²) in [5.41, 5.74) is 2.32. The molecule has 0 saturated heterocycles. The SMILES string of the molecule is COc1ccc(C(=O)NCc2cc(OC)c(OC)c(OC)c2)cc1C. The Morgan fingerprint density at radius 3 is 1.96 bits per heavy atom. The molecule has 6 nitrogen and oxygen atoms in total. The highest BCUT2D eigenvalue weighted by Crippen LogP contribution is 2.38. The monoisotopic (exact) mass is 345 g/mol. The third-order valence-corrected chi connectivity index (χ3v) is 3.83. The molecule has 2 rings (SSSR count). The van der Waals surface area contributed by atoms with E-state index in [0.717, 1.165) is 16.9 Å². The van der Waals surface area contributed by atoms with Crippen molar-refractivity contribution in [2.75, 3.05) is 28.4 Å². The number of benzene rings is 2. The Kier molecular flexibility index (Phi) is 6.11. The minimum absolute atomic E-state index is 0.167. The summed E-state index contributed by atoms with van der Waals surface area (Å²) in [6, 6.07) is 8.92. The molecule has 134 valence electrons. The highest BCUT2D eigenvalue weighted by atomic mass is 16.5. The second kappa shape index (κ2) is 8.28. The van der Waals surface area contributed by atoms with E-state index in [2.05, 4.69) is 5.32 Å². The maximum Gasteiger partial charge on any atom is 0.251 e. The molecule has 0 unspecified atom stereocenters. The average molecular weight is 345 g/mol. The first-order valence-corrected chi connectivity index (χ1v) is 7.75. The molecule has 0 fully saturated rings. The van der Waals surface area contributed by atoms with E-state index in [9.17, 15) is 4.79 Å². The summed E-state index contributed by atoms with van der Waals surface area (Å²) in [5.74, 6) is 2.20. The molecule has 0 aliphatic carbocycles. The van der Waals surface area contributed by atoms with Crippen LogP contribution >= 0.6 is 0 Å². The molecule has 6 heteroatoms. The van der Waals surface area contributed by atoms with Gasteiger partial charge in [-0.1, -0.05) is 0 Å². The summed E-state index contributed by atoms with van der Waals surface area (Å²) in [5, 5.41) is 2.89. The molecule has 0 aliphatic heterocycles. The lowest BCUT2D eigenvalue weighted by Gasteiger charge is -2.14. The number of nitrogens with one attached hydrogen (secondary N) is 1. The van der Waals surface area contributed by atoms with Crippen LogP contribution in [0.5, 0.6) is 23.0 Å². The van der Waals surface area contributed by atoms with Gasteiger partial charge >= 0.3 is 0 Å². The van der Waals surface area contributed by atoms with E-state index >= 15 is 0 Å². The van der Waals surface area contributed by atoms with E-state index in [4.69, 9.17) is 18.9 Å². The third kappa shape index (κ3) is 4.15. The van der Waals surface area contributed by atoms with Gasteiger partial charge in [0.2, 0.25) is 5.75 Å². The Labute approximate surface area is 147 Å². The first-order chi connectivity index (χ1) is 12.0. The van der Waals surface area contributed by atoms with Crippen molar-refractivity contribution < 1.29 is 23.7 Å². The Morgan fingerprint density at radius 1 is 0.880 bits per heavy atom. The van der Waals surface area contributed by atoms with E-state index in [0.29, 0.717) is 29.4 Å². The number of hydrogen-bond donors (Lipinski definition) is 1. The smallest absolute Gasteiger partial charge is 0.251 e. The van der Waals surface area contributed by atoms with E-state index < -0.39 is 0 Å². The van der Waals surface area contributed by atoms with Crippen molar-refractivity contribution in [3.05, 3.63) is 47.0 Å². The molecule has 2 aromatic carbocycles. The molecule has 0 aromatic heterocycles. The molecule has 1 amide bonds. The van der Waals surface area contributed by atoms with Crippen molar-refractivity contribution in [1.29, 1.82) is 0 Å². The van der Waals surface area contributed by atoms with Crippen LogP contribution in [-0.4, -0.2) is 34.3 Å². The molecular weight excluding hydrogens is 322 g/mol. The number of amides is 1. The summed E-state index contributed by atoms with van der Waals surface area (Å²) in [4.78, 5) is 12.4. The number of hydrogen-bond acceptors (Lipinski definition) is 5. The Morgan fingerprint density at radius 2 is 1.48 bits per heavy atom. The topological polar surface area (TPSA) is 66.0 Å². The number of aryl methyl sites for hydroxylation is 1. The van der Waals surface area contributed by atoms with Crippen LogP contribution in [0.25, 0.3) is 0 Å². The van der Waals surface area contributed by atoms with Crippen LogP contribution in [0, 0.1) is 6.92 Å². The van der Waals surface area contributed by atoms with Crippen LogP contribution in [0.15, 0.2) is 30.3 Å². The number of methoxy groups -OCH3 is 4. The van der Waals surface area contributed by atoms with Gasteiger partial charge < -0.3 is 24.3 Å². The van der Waals surface area contributed by atoms with E-state index in [-0.39, 0.29) is 5.91 Å². The van der Waals surface area contributed by atoms with Gasteiger partial charge in [-0.15, -0.1) is 0 Å². The average Bonchev–Trinajstić information content (AvgIpc) is 2.64. The van der Waals surface area contributed by atoms with Crippen molar-refractivity contribution in [3.8, 4) is 23.0 Å². The first-order valence-electron chi connectivity index (χ1n) is 7.75. The summed E-state index contributed by atoms with van der Waals surface area (Å²) in [6.07, 6.45) is 0. The zero-order chi connectivity index (χ0) is 18.4. The quantitative estimate of drug-likeness (QED) is 0.836.